The van der Waals surface area contributed by atoms with E-state index in [4.69, 9.17) is 10.5 Å². The molecule has 1 amide bonds. The molecule has 1 unspecified atom stereocenters. The lowest BCUT2D eigenvalue weighted by Gasteiger charge is -2.38. The predicted octanol–water partition coefficient (Wildman–Crippen LogP) is 4.03. The Morgan fingerprint density at radius 2 is 1.88 bits per heavy atom. The number of carbonyl (C=O) groups excluding carboxylic acids is 1. The average Bonchev–Trinajstić information content (AvgIpc) is 2.48. The summed E-state index contributed by atoms with van der Waals surface area (Å²) in [6.07, 6.45) is 0.695. The second kappa shape index (κ2) is 6.73. The quantitative estimate of drug-likeness (QED) is 0.807. The van der Waals surface area contributed by atoms with Gasteiger partial charge in [-0.25, -0.2) is 0 Å². The van der Waals surface area contributed by atoms with Crippen molar-refractivity contribution < 1.29 is 9.53 Å². The van der Waals surface area contributed by atoms with Crippen molar-refractivity contribution in [2.24, 2.45) is 0 Å². The van der Waals surface area contributed by atoms with E-state index in [1.165, 1.54) is 0 Å². The lowest BCUT2D eigenvalue weighted by Crippen LogP contribution is -2.41. The van der Waals surface area contributed by atoms with Crippen molar-refractivity contribution in [2.45, 2.75) is 38.8 Å². The molecule has 5 heteroatoms. The molecule has 1 atom stereocenters. The summed E-state index contributed by atoms with van der Waals surface area (Å²) in [6.45, 7) is 6.05. The molecule has 2 aromatic rings. The van der Waals surface area contributed by atoms with Crippen molar-refractivity contribution in [3.63, 3.8) is 0 Å². The molecule has 0 aromatic heterocycles. The molecule has 24 heavy (non-hydrogen) atoms. The van der Waals surface area contributed by atoms with E-state index >= 15 is 0 Å². The molecule has 0 aliphatic carbocycles. The minimum atomic E-state index is -0.339. The van der Waals surface area contributed by atoms with Gasteiger partial charge in [-0.3, -0.25) is 4.79 Å². The molecule has 1 aliphatic rings. The maximum absolute atomic E-state index is 12.5. The van der Waals surface area contributed by atoms with Crippen molar-refractivity contribution >= 4 is 24.0 Å². The molecule has 2 aromatic carbocycles. The first-order valence-electron chi connectivity index (χ1n) is 7.80. The number of halogens is 1. The summed E-state index contributed by atoms with van der Waals surface area (Å²) in [5.41, 5.74) is 8.96. The van der Waals surface area contributed by atoms with Gasteiger partial charge in [-0.2, -0.15) is 0 Å². The summed E-state index contributed by atoms with van der Waals surface area (Å²) in [5, 5.41) is 3.12. The lowest BCUT2D eigenvalue weighted by molar-refractivity contribution is 0.0620. The van der Waals surface area contributed by atoms with Gasteiger partial charge >= 0.3 is 0 Å². The van der Waals surface area contributed by atoms with Crippen molar-refractivity contribution in [2.75, 3.05) is 5.73 Å². The Morgan fingerprint density at radius 1 is 1.21 bits per heavy atom. The minimum absolute atomic E-state index is 0. The van der Waals surface area contributed by atoms with Gasteiger partial charge in [0.25, 0.3) is 5.91 Å². The van der Waals surface area contributed by atoms with Crippen LogP contribution in [0.5, 0.6) is 5.75 Å². The van der Waals surface area contributed by atoms with Crippen LogP contribution in [-0.4, -0.2) is 11.5 Å². The van der Waals surface area contributed by atoms with Crippen molar-refractivity contribution in [3.8, 4) is 5.75 Å². The Hall–Kier alpha value is -2.20. The third-order valence-corrected chi connectivity index (χ3v) is 4.11. The van der Waals surface area contributed by atoms with Crippen LogP contribution >= 0.6 is 12.4 Å². The second-order valence-corrected chi connectivity index (χ2v) is 6.76. The van der Waals surface area contributed by atoms with E-state index in [1.807, 2.05) is 63.2 Å². The summed E-state index contributed by atoms with van der Waals surface area (Å²) in [6, 6.07) is 13.0. The second-order valence-electron chi connectivity index (χ2n) is 6.76. The highest BCUT2D eigenvalue weighted by atomic mass is 35.5. The first-order valence-corrected chi connectivity index (χ1v) is 7.80. The maximum Gasteiger partial charge on any atom is 0.251 e. The Morgan fingerprint density at radius 3 is 2.54 bits per heavy atom. The number of nitrogen functional groups attached to an aromatic ring is 1. The number of fused-ring (bicyclic) bond motifs is 1. The van der Waals surface area contributed by atoms with Gasteiger partial charge in [0, 0.05) is 23.2 Å². The normalized spacial score (nSPS) is 17.9. The van der Waals surface area contributed by atoms with E-state index in [0.717, 1.165) is 16.9 Å². The maximum atomic E-state index is 12.5. The topological polar surface area (TPSA) is 64.3 Å². The first kappa shape index (κ1) is 18.1. The summed E-state index contributed by atoms with van der Waals surface area (Å²) >= 11 is 0. The van der Waals surface area contributed by atoms with Crippen LogP contribution in [0, 0.1) is 6.92 Å². The fraction of sp³-hybridized carbons (Fsp3) is 0.316. The summed E-state index contributed by atoms with van der Waals surface area (Å²) in [7, 11) is 0. The average molecular weight is 347 g/mol. The zero-order valence-corrected chi connectivity index (χ0v) is 14.9. The molecule has 0 radical (unpaired) electrons. The molecule has 4 nitrogen and oxygen atoms in total. The van der Waals surface area contributed by atoms with E-state index < -0.39 is 0 Å². The first-order chi connectivity index (χ1) is 10.8. The highest BCUT2D eigenvalue weighted by Gasteiger charge is 2.34. The van der Waals surface area contributed by atoms with Gasteiger partial charge in [-0.05, 0) is 51.1 Å². The molecule has 0 saturated heterocycles. The molecule has 0 bridgehead atoms. The van der Waals surface area contributed by atoms with Gasteiger partial charge in [0.05, 0.1) is 6.04 Å². The van der Waals surface area contributed by atoms with E-state index in [1.54, 1.807) is 0 Å². The molecular weight excluding hydrogens is 324 g/mol. The zero-order chi connectivity index (χ0) is 16.6. The van der Waals surface area contributed by atoms with E-state index in [-0.39, 0.29) is 30.0 Å². The molecule has 3 rings (SSSR count). The Bertz CT molecular complexity index is 742. The smallest absolute Gasteiger partial charge is 0.251 e. The van der Waals surface area contributed by atoms with Crippen molar-refractivity contribution in [3.05, 3.63) is 59.2 Å². The summed E-state index contributed by atoms with van der Waals surface area (Å²) in [4.78, 5) is 12.5. The predicted molar refractivity (Wildman–Crippen MR) is 98.8 cm³/mol. The van der Waals surface area contributed by atoms with Gasteiger partial charge in [-0.15, -0.1) is 12.4 Å². The molecule has 1 aliphatic heterocycles. The number of rotatable bonds is 2. The number of carbonyl (C=O) groups is 1. The standard InChI is InChI=1S/C19H22N2O2.ClH/c1-12-4-6-13(7-5-12)18(22)21-16-11-19(2,3)23-17-9-8-14(20)10-15(16)17;/h4-10,16H,11,20H2,1-3H3,(H,21,22);1H. The summed E-state index contributed by atoms with van der Waals surface area (Å²) < 4.78 is 6.00. The largest absolute Gasteiger partial charge is 0.487 e. The fourth-order valence-electron chi connectivity index (χ4n) is 2.95. The van der Waals surface area contributed by atoms with Gasteiger partial charge in [-0.1, -0.05) is 17.7 Å². The SMILES string of the molecule is Cc1ccc(C(=O)NC2CC(C)(C)Oc3ccc(N)cc32)cc1.Cl. The summed E-state index contributed by atoms with van der Waals surface area (Å²) in [5.74, 6) is 0.700. The number of anilines is 1. The van der Waals surface area contributed by atoms with Crippen molar-refractivity contribution in [1.29, 1.82) is 0 Å². The molecular formula is C19H23ClN2O2. The molecule has 3 N–H and O–H groups in total. The van der Waals surface area contributed by atoms with Crippen LogP contribution in [0.4, 0.5) is 5.69 Å². The molecule has 0 fully saturated rings. The molecule has 1 heterocycles. The highest BCUT2D eigenvalue weighted by molar-refractivity contribution is 5.94. The van der Waals surface area contributed by atoms with E-state index in [0.29, 0.717) is 17.7 Å². The van der Waals surface area contributed by atoms with Crippen LogP contribution in [-0.2, 0) is 0 Å². The van der Waals surface area contributed by atoms with Crippen LogP contribution in [0.25, 0.3) is 0 Å². The van der Waals surface area contributed by atoms with Gasteiger partial charge in [0.1, 0.15) is 11.4 Å². The van der Waals surface area contributed by atoms with Crippen LogP contribution in [0.2, 0.25) is 0 Å². The third kappa shape index (κ3) is 3.82. The number of amides is 1. The van der Waals surface area contributed by atoms with Crippen molar-refractivity contribution in [1.82, 2.24) is 5.32 Å². The van der Waals surface area contributed by atoms with Gasteiger partial charge in [0.2, 0.25) is 0 Å². The van der Waals surface area contributed by atoms with Crippen LogP contribution in [0.3, 0.4) is 0 Å². The Kier molecular flexibility index (Phi) is 5.09. The molecule has 0 saturated carbocycles. The van der Waals surface area contributed by atoms with E-state index in [9.17, 15) is 4.79 Å². The Labute approximate surface area is 148 Å². The van der Waals surface area contributed by atoms with Gasteiger partial charge in [0.15, 0.2) is 0 Å². The number of aryl methyl sites for hydroxylation is 1. The van der Waals surface area contributed by atoms with Crippen LogP contribution in [0.1, 0.15) is 47.8 Å². The molecule has 128 valence electrons. The Balaban J connectivity index is 0.00000208. The van der Waals surface area contributed by atoms with Crippen LogP contribution < -0.4 is 15.8 Å². The van der Waals surface area contributed by atoms with Gasteiger partial charge < -0.3 is 15.8 Å². The third-order valence-electron chi connectivity index (χ3n) is 4.11. The number of nitrogens with one attached hydrogen (secondary N) is 1. The number of ether oxygens (including phenoxy) is 1. The minimum Gasteiger partial charge on any atom is -0.487 e. The number of nitrogens with two attached hydrogens (primary N) is 1. The fourth-order valence-corrected chi connectivity index (χ4v) is 2.95. The number of hydrogen-bond acceptors (Lipinski definition) is 3. The lowest BCUT2D eigenvalue weighted by atomic mass is 9.89. The monoisotopic (exact) mass is 346 g/mol. The molecule has 0 spiro atoms. The van der Waals surface area contributed by atoms with Crippen LogP contribution in [0.15, 0.2) is 42.5 Å². The van der Waals surface area contributed by atoms with E-state index in [2.05, 4.69) is 5.32 Å². The number of benzene rings is 2. The highest BCUT2D eigenvalue weighted by Crippen LogP contribution is 2.40. The number of hydrogen-bond donors (Lipinski definition) is 2. The zero-order valence-electron chi connectivity index (χ0n) is 14.1.